The van der Waals surface area contributed by atoms with Crippen LogP contribution in [0.15, 0.2) is 146 Å². The molecule has 48 heavy (non-hydrogen) atoms. The number of hydrogen-bond acceptors (Lipinski definition) is 0. The minimum absolute atomic E-state index is 0.0202. The van der Waals surface area contributed by atoms with Crippen LogP contribution in [0.1, 0.15) is 49.9 Å². The van der Waals surface area contributed by atoms with E-state index in [2.05, 4.69) is 173 Å². The van der Waals surface area contributed by atoms with E-state index in [0.29, 0.717) is 0 Å². The first-order valence-electron chi connectivity index (χ1n) is 17.2. The zero-order valence-corrected chi connectivity index (χ0v) is 27.9. The topological polar surface area (TPSA) is 0 Å². The average Bonchev–Trinajstić information content (AvgIpc) is 3.50. The molecule has 10 rings (SSSR count). The monoisotopic (exact) mass is 612 g/mol. The third-order valence-electron chi connectivity index (χ3n) is 11.7. The van der Waals surface area contributed by atoms with Gasteiger partial charge in [0.1, 0.15) is 0 Å². The molecule has 0 bridgehead atoms. The van der Waals surface area contributed by atoms with Gasteiger partial charge in [0, 0.05) is 10.8 Å². The van der Waals surface area contributed by atoms with Crippen LogP contribution in [0.4, 0.5) is 0 Å². The Morgan fingerprint density at radius 1 is 0.312 bits per heavy atom. The molecule has 0 radical (unpaired) electrons. The third kappa shape index (κ3) is 3.66. The van der Waals surface area contributed by atoms with Crippen LogP contribution in [0.25, 0.3) is 76.8 Å². The molecule has 0 nitrogen and oxygen atoms in total. The lowest BCUT2D eigenvalue weighted by atomic mass is 9.81. The minimum atomic E-state index is -0.0310. The summed E-state index contributed by atoms with van der Waals surface area (Å²) in [4.78, 5) is 0. The van der Waals surface area contributed by atoms with Gasteiger partial charge in [-0.15, -0.1) is 0 Å². The maximum absolute atomic E-state index is 2.45. The molecular formula is C48H36. The lowest BCUT2D eigenvalue weighted by molar-refractivity contribution is 0.660. The van der Waals surface area contributed by atoms with Gasteiger partial charge in [0.05, 0.1) is 0 Å². The predicted molar refractivity (Wildman–Crippen MR) is 205 cm³/mol. The van der Waals surface area contributed by atoms with Crippen LogP contribution in [0, 0.1) is 0 Å². The zero-order chi connectivity index (χ0) is 32.4. The average molecular weight is 613 g/mol. The molecule has 0 heteroatoms. The van der Waals surface area contributed by atoms with Gasteiger partial charge >= 0.3 is 0 Å². The molecule has 228 valence electrons. The highest BCUT2D eigenvalue weighted by molar-refractivity contribution is 6.23. The van der Waals surface area contributed by atoms with Crippen molar-refractivity contribution in [2.24, 2.45) is 0 Å². The van der Waals surface area contributed by atoms with Crippen LogP contribution < -0.4 is 0 Å². The first-order chi connectivity index (χ1) is 23.3. The summed E-state index contributed by atoms with van der Waals surface area (Å²) >= 11 is 0. The third-order valence-corrected chi connectivity index (χ3v) is 11.7. The molecular weight excluding hydrogens is 577 g/mol. The maximum Gasteiger partial charge on any atom is 0.0159 e. The van der Waals surface area contributed by atoms with Crippen LogP contribution in [-0.4, -0.2) is 0 Å². The SMILES string of the molecule is CC1(C)c2ccccc2-c2ccc(-c3ccc4ccc5cc(-c6ccc7c(c6)C(C)(C)c6ccccc6-7)c6ccccc6c5c4c3)cc21. The van der Waals surface area contributed by atoms with Crippen molar-refractivity contribution in [2.45, 2.75) is 38.5 Å². The molecule has 2 aliphatic rings. The highest BCUT2D eigenvalue weighted by Crippen LogP contribution is 2.51. The normalized spacial score (nSPS) is 15.0. The molecule has 2 aliphatic carbocycles. The van der Waals surface area contributed by atoms with Crippen LogP contribution in [-0.2, 0) is 10.8 Å². The molecule has 0 aliphatic heterocycles. The molecule has 0 heterocycles. The van der Waals surface area contributed by atoms with Gasteiger partial charge in [0.15, 0.2) is 0 Å². The number of rotatable bonds is 2. The van der Waals surface area contributed by atoms with Gasteiger partial charge in [-0.1, -0.05) is 149 Å². The highest BCUT2D eigenvalue weighted by atomic mass is 14.4. The van der Waals surface area contributed by atoms with E-state index in [0.717, 1.165) is 0 Å². The van der Waals surface area contributed by atoms with Crippen molar-refractivity contribution in [3.05, 3.63) is 168 Å². The summed E-state index contributed by atoms with van der Waals surface area (Å²) in [5.41, 5.74) is 16.2. The Hall–Kier alpha value is -5.46. The fourth-order valence-corrected chi connectivity index (χ4v) is 9.10. The van der Waals surface area contributed by atoms with Crippen molar-refractivity contribution < 1.29 is 0 Å². The molecule has 8 aromatic rings. The first kappa shape index (κ1) is 27.6. The number of fused-ring (bicyclic) bond motifs is 11. The second-order valence-corrected chi connectivity index (χ2v) is 14.9. The molecule has 0 fully saturated rings. The Morgan fingerprint density at radius 2 is 0.792 bits per heavy atom. The number of hydrogen-bond donors (Lipinski definition) is 0. The summed E-state index contributed by atoms with van der Waals surface area (Å²) in [6, 6.07) is 55.1. The van der Waals surface area contributed by atoms with Gasteiger partial charge in [-0.25, -0.2) is 0 Å². The quantitative estimate of drug-likeness (QED) is 0.170. The van der Waals surface area contributed by atoms with Crippen LogP contribution >= 0.6 is 0 Å². The molecule has 0 spiro atoms. The summed E-state index contributed by atoms with van der Waals surface area (Å²) in [7, 11) is 0. The lowest BCUT2D eigenvalue weighted by Gasteiger charge is -2.22. The maximum atomic E-state index is 2.45. The van der Waals surface area contributed by atoms with Gasteiger partial charge in [-0.05, 0) is 123 Å². The summed E-state index contributed by atoms with van der Waals surface area (Å²) < 4.78 is 0. The van der Waals surface area contributed by atoms with E-state index in [1.54, 1.807) is 0 Å². The Kier molecular flexibility index (Phi) is 5.50. The Bertz CT molecular complexity index is 2660. The largest absolute Gasteiger partial charge is 0.0619 e. The standard InChI is InChI=1S/C48H36/c1-47(2)42-15-9-7-12-35(42)37-23-21-31(27-44(37)47)30-19-17-29-18-20-33-26-40(34-11-5-6-14-39(34)46(33)41(29)25-30)32-22-24-38-36-13-8-10-16-43(36)48(3,4)45(38)28-32/h5-28H,1-4H3. The summed E-state index contributed by atoms with van der Waals surface area (Å²) in [5, 5.41) is 7.80. The Balaban J connectivity index is 1.15. The molecule has 0 saturated heterocycles. The van der Waals surface area contributed by atoms with E-state index in [9.17, 15) is 0 Å². The van der Waals surface area contributed by atoms with Crippen molar-refractivity contribution in [2.75, 3.05) is 0 Å². The van der Waals surface area contributed by atoms with Crippen LogP contribution in [0.3, 0.4) is 0 Å². The van der Waals surface area contributed by atoms with Gasteiger partial charge in [-0.3, -0.25) is 0 Å². The molecule has 0 unspecified atom stereocenters. The van der Waals surface area contributed by atoms with E-state index >= 15 is 0 Å². The molecule has 0 atom stereocenters. The fraction of sp³-hybridized carbons (Fsp3) is 0.125. The minimum Gasteiger partial charge on any atom is -0.0619 e. The van der Waals surface area contributed by atoms with Gasteiger partial charge in [-0.2, -0.15) is 0 Å². The van der Waals surface area contributed by atoms with Crippen molar-refractivity contribution in [1.82, 2.24) is 0 Å². The van der Waals surface area contributed by atoms with Crippen molar-refractivity contribution in [1.29, 1.82) is 0 Å². The Labute approximate surface area is 282 Å². The second-order valence-electron chi connectivity index (χ2n) is 14.9. The van der Waals surface area contributed by atoms with E-state index in [1.165, 1.54) is 99.1 Å². The molecule has 0 N–H and O–H groups in total. The predicted octanol–water partition coefficient (Wildman–Crippen LogP) is 13.1. The molecule has 8 aromatic carbocycles. The van der Waals surface area contributed by atoms with E-state index in [1.807, 2.05) is 0 Å². The summed E-state index contributed by atoms with van der Waals surface area (Å²) in [6.45, 7) is 9.45. The first-order valence-corrected chi connectivity index (χ1v) is 17.2. The molecule has 0 amide bonds. The molecule has 0 aromatic heterocycles. The van der Waals surface area contributed by atoms with E-state index < -0.39 is 0 Å². The van der Waals surface area contributed by atoms with Gasteiger partial charge < -0.3 is 0 Å². The smallest absolute Gasteiger partial charge is 0.0159 e. The Morgan fingerprint density at radius 3 is 1.48 bits per heavy atom. The highest BCUT2D eigenvalue weighted by Gasteiger charge is 2.36. The molecule has 0 saturated carbocycles. The number of benzene rings is 8. The zero-order valence-electron chi connectivity index (χ0n) is 27.9. The van der Waals surface area contributed by atoms with Crippen molar-refractivity contribution >= 4 is 32.3 Å². The van der Waals surface area contributed by atoms with Gasteiger partial charge in [0.25, 0.3) is 0 Å². The van der Waals surface area contributed by atoms with Crippen molar-refractivity contribution in [3.63, 3.8) is 0 Å². The fourth-order valence-electron chi connectivity index (χ4n) is 9.10. The van der Waals surface area contributed by atoms with Gasteiger partial charge in [0.2, 0.25) is 0 Å². The van der Waals surface area contributed by atoms with E-state index in [4.69, 9.17) is 0 Å². The van der Waals surface area contributed by atoms with Crippen LogP contribution in [0.5, 0.6) is 0 Å². The van der Waals surface area contributed by atoms with Crippen molar-refractivity contribution in [3.8, 4) is 44.5 Å². The summed E-state index contributed by atoms with van der Waals surface area (Å²) in [6.07, 6.45) is 0. The second kappa shape index (κ2) is 9.55. The lowest BCUT2D eigenvalue weighted by Crippen LogP contribution is -2.14. The van der Waals surface area contributed by atoms with E-state index in [-0.39, 0.29) is 10.8 Å². The summed E-state index contributed by atoms with van der Waals surface area (Å²) in [5.74, 6) is 0. The van der Waals surface area contributed by atoms with Crippen LogP contribution in [0.2, 0.25) is 0 Å².